The first-order chi connectivity index (χ1) is 10.9. The van der Waals surface area contributed by atoms with Crippen LogP contribution in [0.1, 0.15) is 28.4 Å². The van der Waals surface area contributed by atoms with Crippen LogP contribution in [0.2, 0.25) is 0 Å². The number of carbonyl (C=O) groups excluding carboxylic acids is 1. The van der Waals surface area contributed by atoms with Crippen LogP contribution in [-0.4, -0.2) is 21.5 Å². The molecule has 122 valence electrons. The van der Waals surface area contributed by atoms with E-state index in [-0.39, 0.29) is 10.5 Å². The van der Waals surface area contributed by atoms with Gasteiger partial charge in [0.2, 0.25) is 0 Å². The molecule has 1 N–H and O–H groups in total. The summed E-state index contributed by atoms with van der Waals surface area (Å²) in [4.78, 5) is 11.8. The Kier molecular flexibility index (Phi) is 5.05. The average Bonchev–Trinajstić information content (AvgIpc) is 2.56. The van der Waals surface area contributed by atoms with Crippen molar-refractivity contribution >= 4 is 21.7 Å². The quantitative estimate of drug-likeness (QED) is 0.853. The van der Waals surface area contributed by atoms with Crippen molar-refractivity contribution in [2.24, 2.45) is 0 Å². The van der Waals surface area contributed by atoms with Gasteiger partial charge >= 0.3 is 5.97 Å². The Morgan fingerprint density at radius 1 is 1.13 bits per heavy atom. The van der Waals surface area contributed by atoms with E-state index >= 15 is 0 Å². The number of sulfonamides is 1. The molecule has 0 spiro atoms. The van der Waals surface area contributed by atoms with E-state index in [1.165, 1.54) is 13.2 Å². The molecule has 23 heavy (non-hydrogen) atoms. The zero-order valence-corrected chi connectivity index (χ0v) is 14.1. The van der Waals surface area contributed by atoms with Gasteiger partial charge in [-0.15, -0.1) is 0 Å². The lowest BCUT2D eigenvalue weighted by Gasteiger charge is -2.12. The van der Waals surface area contributed by atoms with Gasteiger partial charge in [-0.2, -0.15) is 0 Å². The highest BCUT2D eigenvalue weighted by Crippen LogP contribution is 2.22. The molecule has 0 unspecified atom stereocenters. The lowest BCUT2D eigenvalue weighted by molar-refractivity contribution is 0.0601. The molecule has 0 aliphatic rings. The van der Waals surface area contributed by atoms with Crippen LogP contribution in [0.25, 0.3) is 0 Å². The first-order valence-electron chi connectivity index (χ1n) is 7.18. The number of benzene rings is 2. The fourth-order valence-corrected chi connectivity index (χ4v) is 3.21. The van der Waals surface area contributed by atoms with Crippen molar-refractivity contribution in [3.05, 3.63) is 59.2 Å². The molecule has 0 heterocycles. The molecule has 0 saturated heterocycles. The van der Waals surface area contributed by atoms with Gasteiger partial charge in [-0.05, 0) is 48.7 Å². The highest BCUT2D eigenvalue weighted by atomic mass is 32.2. The summed E-state index contributed by atoms with van der Waals surface area (Å²) < 4.78 is 32.1. The number of aryl methyl sites for hydroxylation is 2. The third-order valence-electron chi connectivity index (χ3n) is 3.54. The van der Waals surface area contributed by atoms with Crippen molar-refractivity contribution in [1.29, 1.82) is 0 Å². The zero-order valence-electron chi connectivity index (χ0n) is 13.3. The molecular formula is C17H19NO4S. The molecule has 0 fully saturated rings. The first kappa shape index (κ1) is 17.0. The molecule has 0 aliphatic carbocycles. The number of nitrogens with one attached hydrogen (secondary N) is 1. The monoisotopic (exact) mass is 333 g/mol. The molecule has 0 bridgehead atoms. The Balaban J connectivity index is 2.34. The second-order valence-corrected chi connectivity index (χ2v) is 6.81. The van der Waals surface area contributed by atoms with Gasteiger partial charge in [0.05, 0.1) is 23.3 Å². The highest BCUT2D eigenvalue weighted by molar-refractivity contribution is 7.92. The van der Waals surface area contributed by atoms with Gasteiger partial charge in [0.25, 0.3) is 10.0 Å². The van der Waals surface area contributed by atoms with Crippen LogP contribution in [0.5, 0.6) is 0 Å². The minimum atomic E-state index is -3.71. The van der Waals surface area contributed by atoms with Gasteiger partial charge in [-0.3, -0.25) is 4.72 Å². The van der Waals surface area contributed by atoms with E-state index in [1.54, 1.807) is 43.3 Å². The molecule has 0 saturated carbocycles. The third kappa shape index (κ3) is 3.90. The van der Waals surface area contributed by atoms with Crippen molar-refractivity contribution < 1.29 is 17.9 Å². The normalized spacial score (nSPS) is 11.1. The number of ether oxygens (including phenoxy) is 1. The highest BCUT2D eigenvalue weighted by Gasteiger charge is 2.16. The largest absolute Gasteiger partial charge is 0.465 e. The van der Waals surface area contributed by atoms with E-state index in [2.05, 4.69) is 9.46 Å². The lowest BCUT2D eigenvalue weighted by atomic mass is 10.1. The minimum Gasteiger partial charge on any atom is -0.465 e. The van der Waals surface area contributed by atoms with Crippen LogP contribution in [0, 0.1) is 6.92 Å². The Morgan fingerprint density at radius 3 is 2.35 bits per heavy atom. The number of hydrogen-bond acceptors (Lipinski definition) is 4. The summed E-state index contributed by atoms with van der Waals surface area (Å²) in [6.45, 7) is 3.77. The van der Waals surface area contributed by atoms with Crippen molar-refractivity contribution in [3.63, 3.8) is 0 Å². The molecule has 2 rings (SSSR count). The Hall–Kier alpha value is -2.34. The number of esters is 1. The Bertz CT molecular complexity index is 811. The summed E-state index contributed by atoms with van der Waals surface area (Å²) in [5, 5.41) is 0. The molecule has 5 nitrogen and oxygen atoms in total. The molecule has 0 amide bonds. The predicted octanol–water partition coefficient (Wildman–Crippen LogP) is 3.14. The van der Waals surface area contributed by atoms with Crippen LogP contribution < -0.4 is 4.72 Å². The third-order valence-corrected chi connectivity index (χ3v) is 4.93. The first-order valence-corrected chi connectivity index (χ1v) is 8.66. The molecule has 0 aliphatic heterocycles. The summed E-state index contributed by atoms with van der Waals surface area (Å²) in [5.41, 5.74) is 2.42. The van der Waals surface area contributed by atoms with Gasteiger partial charge in [-0.1, -0.05) is 25.1 Å². The predicted molar refractivity (Wildman–Crippen MR) is 89.1 cm³/mol. The summed E-state index contributed by atoms with van der Waals surface area (Å²) in [6.07, 6.45) is 0.841. The number of anilines is 1. The van der Waals surface area contributed by atoms with Crippen molar-refractivity contribution in [1.82, 2.24) is 0 Å². The van der Waals surface area contributed by atoms with Gasteiger partial charge < -0.3 is 4.74 Å². The van der Waals surface area contributed by atoms with E-state index in [4.69, 9.17) is 0 Å². The lowest BCUT2D eigenvalue weighted by Crippen LogP contribution is -2.14. The minimum absolute atomic E-state index is 0.178. The van der Waals surface area contributed by atoms with Crippen LogP contribution in [0.15, 0.2) is 47.4 Å². The van der Waals surface area contributed by atoms with Crippen molar-refractivity contribution in [2.75, 3.05) is 11.8 Å². The number of methoxy groups -OCH3 is 1. The number of hydrogen-bond donors (Lipinski definition) is 1. The number of rotatable bonds is 5. The summed E-state index contributed by atoms with van der Waals surface area (Å²) in [7, 11) is -2.43. The zero-order chi connectivity index (χ0) is 17.0. The summed E-state index contributed by atoms with van der Waals surface area (Å²) in [6, 6.07) is 11.4. The van der Waals surface area contributed by atoms with Gasteiger partial charge in [0, 0.05) is 0 Å². The van der Waals surface area contributed by atoms with Crippen LogP contribution in [-0.2, 0) is 21.2 Å². The van der Waals surface area contributed by atoms with Crippen molar-refractivity contribution in [2.45, 2.75) is 25.2 Å². The van der Waals surface area contributed by atoms with Crippen LogP contribution in [0.4, 0.5) is 5.69 Å². The van der Waals surface area contributed by atoms with E-state index in [0.29, 0.717) is 11.3 Å². The average molecular weight is 333 g/mol. The number of carbonyl (C=O) groups is 1. The Labute approximate surface area is 136 Å². The molecular weight excluding hydrogens is 314 g/mol. The topological polar surface area (TPSA) is 72.5 Å². The fourth-order valence-electron chi connectivity index (χ4n) is 2.08. The molecule has 0 atom stereocenters. The fraction of sp³-hybridized carbons (Fsp3) is 0.235. The van der Waals surface area contributed by atoms with Gasteiger partial charge in [0.1, 0.15) is 0 Å². The maximum Gasteiger partial charge on any atom is 0.337 e. The second kappa shape index (κ2) is 6.83. The molecule has 0 aromatic heterocycles. The molecule has 2 aromatic carbocycles. The van der Waals surface area contributed by atoms with E-state index in [0.717, 1.165) is 12.0 Å². The molecule has 2 aromatic rings. The summed E-state index contributed by atoms with van der Waals surface area (Å²) in [5.74, 6) is -0.516. The van der Waals surface area contributed by atoms with Gasteiger partial charge in [-0.25, -0.2) is 13.2 Å². The Morgan fingerprint density at radius 2 is 1.78 bits per heavy atom. The van der Waals surface area contributed by atoms with Crippen LogP contribution >= 0.6 is 0 Å². The molecule has 6 heteroatoms. The van der Waals surface area contributed by atoms with E-state index in [9.17, 15) is 13.2 Å². The SMILES string of the molecule is CCc1ccc(S(=O)(=O)Nc2cc(C(=O)OC)ccc2C)cc1. The standard InChI is InChI=1S/C17H19NO4S/c1-4-13-6-9-15(10-7-13)23(20,21)18-16-11-14(17(19)22-3)8-5-12(16)2/h5-11,18H,4H2,1-3H3. The van der Waals surface area contributed by atoms with Gasteiger partial charge in [0.15, 0.2) is 0 Å². The van der Waals surface area contributed by atoms with E-state index in [1.807, 2.05) is 6.92 Å². The maximum absolute atomic E-state index is 12.5. The van der Waals surface area contributed by atoms with Crippen LogP contribution in [0.3, 0.4) is 0 Å². The molecule has 0 radical (unpaired) electrons. The van der Waals surface area contributed by atoms with Crippen molar-refractivity contribution in [3.8, 4) is 0 Å². The maximum atomic E-state index is 12.5. The summed E-state index contributed by atoms with van der Waals surface area (Å²) >= 11 is 0. The second-order valence-electron chi connectivity index (χ2n) is 5.12. The smallest absolute Gasteiger partial charge is 0.337 e. The van der Waals surface area contributed by atoms with E-state index < -0.39 is 16.0 Å².